The molecule has 90 valence electrons. The fourth-order valence-corrected chi connectivity index (χ4v) is 1.50. The molecule has 0 aromatic heterocycles. The molecular weight excluding hydrogens is 215 g/mol. The Hall–Kier alpha value is -1.03. The first-order chi connectivity index (χ1) is 7.38. The van der Waals surface area contributed by atoms with Gasteiger partial charge in [0.2, 0.25) is 0 Å². The summed E-state index contributed by atoms with van der Waals surface area (Å²) < 4.78 is 37.9. The molecule has 16 heavy (non-hydrogen) atoms. The van der Waals surface area contributed by atoms with Crippen LogP contribution in [0.15, 0.2) is 18.2 Å². The number of aryl methyl sites for hydroxylation is 1. The molecule has 0 aliphatic rings. The maximum atomic E-state index is 12.6. The standard InChI is InChI=1S/C12H16F3N/c1-4-9-5-10(8(2)16-3)7-11(6-9)12(13,14)15/h5-8,16H,4H2,1-3H3/t8-/m1/s1. The van der Waals surface area contributed by atoms with Crippen molar-refractivity contribution < 1.29 is 13.2 Å². The molecule has 1 atom stereocenters. The lowest BCUT2D eigenvalue weighted by molar-refractivity contribution is -0.137. The van der Waals surface area contributed by atoms with Crippen LogP contribution in [0.3, 0.4) is 0 Å². The minimum Gasteiger partial charge on any atom is -0.313 e. The number of benzene rings is 1. The lowest BCUT2D eigenvalue weighted by atomic mass is 10.00. The predicted octanol–water partition coefficient (Wildman–Crippen LogP) is 3.55. The second kappa shape index (κ2) is 4.87. The van der Waals surface area contributed by atoms with Crippen LogP contribution in [0.25, 0.3) is 0 Å². The van der Waals surface area contributed by atoms with Gasteiger partial charge in [-0.05, 0) is 43.7 Å². The Morgan fingerprint density at radius 3 is 2.31 bits per heavy atom. The number of alkyl halides is 3. The molecule has 0 saturated heterocycles. The summed E-state index contributed by atoms with van der Waals surface area (Å²) in [6, 6.07) is 4.16. The van der Waals surface area contributed by atoms with Gasteiger partial charge < -0.3 is 5.32 Å². The average Bonchev–Trinajstić information content (AvgIpc) is 2.26. The molecule has 1 rings (SSSR count). The minimum atomic E-state index is -4.27. The van der Waals surface area contributed by atoms with Crippen molar-refractivity contribution in [1.82, 2.24) is 5.32 Å². The number of halogens is 3. The Morgan fingerprint density at radius 1 is 1.25 bits per heavy atom. The van der Waals surface area contributed by atoms with E-state index in [2.05, 4.69) is 5.32 Å². The third-order valence-electron chi connectivity index (χ3n) is 2.68. The predicted molar refractivity (Wildman–Crippen MR) is 58.3 cm³/mol. The van der Waals surface area contributed by atoms with E-state index in [4.69, 9.17) is 0 Å². The molecule has 1 aromatic carbocycles. The van der Waals surface area contributed by atoms with E-state index in [1.807, 2.05) is 19.9 Å². The van der Waals surface area contributed by atoms with E-state index in [9.17, 15) is 13.2 Å². The van der Waals surface area contributed by atoms with E-state index in [0.29, 0.717) is 17.5 Å². The first-order valence-corrected chi connectivity index (χ1v) is 5.26. The first kappa shape index (κ1) is 13.0. The topological polar surface area (TPSA) is 12.0 Å². The van der Waals surface area contributed by atoms with Crippen molar-refractivity contribution in [3.05, 3.63) is 34.9 Å². The fraction of sp³-hybridized carbons (Fsp3) is 0.500. The van der Waals surface area contributed by atoms with E-state index in [0.717, 1.165) is 0 Å². The van der Waals surface area contributed by atoms with Gasteiger partial charge in [-0.25, -0.2) is 0 Å². The van der Waals surface area contributed by atoms with Crippen molar-refractivity contribution in [1.29, 1.82) is 0 Å². The molecular formula is C12H16F3N. The summed E-state index contributed by atoms with van der Waals surface area (Å²) in [5, 5.41) is 2.94. The highest BCUT2D eigenvalue weighted by Gasteiger charge is 2.31. The monoisotopic (exact) mass is 231 g/mol. The second-order valence-electron chi connectivity index (χ2n) is 3.82. The van der Waals surface area contributed by atoms with E-state index in [1.54, 1.807) is 7.05 Å². The Balaban J connectivity index is 3.21. The molecule has 0 bridgehead atoms. The third-order valence-corrected chi connectivity index (χ3v) is 2.68. The zero-order valence-corrected chi connectivity index (χ0v) is 9.65. The molecule has 1 N–H and O–H groups in total. The van der Waals surface area contributed by atoms with Gasteiger partial charge >= 0.3 is 6.18 Å². The number of hydrogen-bond donors (Lipinski definition) is 1. The summed E-state index contributed by atoms with van der Waals surface area (Å²) in [7, 11) is 1.73. The minimum absolute atomic E-state index is 0.0763. The highest BCUT2D eigenvalue weighted by molar-refractivity contribution is 5.33. The molecule has 1 aromatic rings. The molecule has 0 spiro atoms. The molecule has 0 aliphatic carbocycles. The van der Waals surface area contributed by atoms with Gasteiger partial charge in [0.15, 0.2) is 0 Å². The van der Waals surface area contributed by atoms with E-state index in [1.165, 1.54) is 12.1 Å². The molecule has 0 radical (unpaired) electrons. The van der Waals surface area contributed by atoms with Crippen molar-refractivity contribution in [2.45, 2.75) is 32.5 Å². The summed E-state index contributed by atoms with van der Waals surface area (Å²) in [5.41, 5.74) is 0.824. The summed E-state index contributed by atoms with van der Waals surface area (Å²) in [6.45, 7) is 3.69. The second-order valence-corrected chi connectivity index (χ2v) is 3.82. The molecule has 0 amide bonds. The number of hydrogen-bond acceptors (Lipinski definition) is 1. The Morgan fingerprint density at radius 2 is 1.88 bits per heavy atom. The van der Waals surface area contributed by atoms with Crippen LogP contribution < -0.4 is 5.32 Å². The molecule has 1 nitrogen and oxygen atoms in total. The highest BCUT2D eigenvalue weighted by atomic mass is 19.4. The molecule has 0 heterocycles. The van der Waals surface area contributed by atoms with Crippen LogP contribution in [0, 0.1) is 0 Å². The summed E-state index contributed by atoms with van der Waals surface area (Å²) in [6.07, 6.45) is -3.67. The lowest BCUT2D eigenvalue weighted by Gasteiger charge is -2.15. The molecule has 0 saturated carbocycles. The zero-order chi connectivity index (χ0) is 12.3. The Kier molecular flexibility index (Phi) is 3.97. The van der Waals surface area contributed by atoms with Gasteiger partial charge in [0.05, 0.1) is 5.56 Å². The lowest BCUT2D eigenvalue weighted by Crippen LogP contribution is -2.14. The Labute approximate surface area is 93.7 Å². The summed E-state index contributed by atoms with van der Waals surface area (Å²) in [4.78, 5) is 0. The largest absolute Gasteiger partial charge is 0.416 e. The van der Waals surface area contributed by atoms with Crippen molar-refractivity contribution in [3.8, 4) is 0 Å². The van der Waals surface area contributed by atoms with Gasteiger partial charge in [-0.2, -0.15) is 13.2 Å². The summed E-state index contributed by atoms with van der Waals surface area (Å²) in [5.74, 6) is 0. The molecule has 0 aliphatic heterocycles. The van der Waals surface area contributed by atoms with Gasteiger partial charge in [-0.1, -0.05) is 13.0 Å². The quantitative estimate of drug-likeness (QED) is 0.838. The summed E-state index contributed by atoms with van der Waals surface area (Å²) >= 11 is 0. The van der Waals surface area contributed by atoms with Crippen LogP contribution in [-0.2, 0) is 12.6 Å². The van der Waals surface area contributed by atoms with Gasteiger partial charge in [0, 0.05) is 6.04 Å². The zero-order valence-electron chi connectivity index (χ0n) is 9.65. The van der Waals surface area contributed by atoms with Gasteiger partial charge in [0.25, 0.3) is 0 Å². The van der Waals surface area contributed by atoms with Crippen molar-refractivity contribution in [2.75, 3.05) is 7.05 Å². The van der Waals surface area contributed by atoms with Gasteiger partial charge in [0.1, 0.15) is 0 Å². The van der Waals surface area contributed by atoms with E-state index in [-0.39, 0.29) is 6.04 Å². The maximum Gasteiger partial charge on any atom is 0.416 e. The molecule has 4 heteroatoms. The fourth-order valence-electron chi connectivity index (χ4n) is 1.50. The molecule has 0 unspecified atom stereocenters. The van der Waals surface area contributed by atoms with Crippen molar-refractivity contribution in [3.63, 3.8) is 0 Å². The maximum absolute atomic E-state index is 12.6. The number of rotatable bonds is 3. The van der Waals surface area contributed by atoms with E-state index >= 15 is 0 Å². The van der Waals surface area contributed by atoms with Crippen LogP contribution in [-0.4, -0.2) is 7.05 Å². The van der Waals surface area contributed by atoms with Crippen LogP contribution in [0.1, 0.15) is 36.6 Å². The van der Waals surface area contributed by atoms with Crippen LogP contribution >= 0.6 is 0 Å². The number of nitrogens with one attached hydrogen (secondary N) is 1. The first-order valence-electron chi connectivity index (χ1n) is 5.26. The normalized spacial score (nSPS) is 13.9. The SMILES string of the molecule is CCc1cc([C@@H](C)NC)cc(C(F)(F)F)c1. The Bertz CT molecular complexity index is 358. The van der Waals surface area contributed by atoms with Gasteiger partial charge in [-0.15, -0.1) is 0 Å². The highest BCUT2D eigenvalue weighted by Crippen LogP contribution is 2.32. The van der Waals surface area contributed by atoms with Crippen LogP contribution in [0.5, 0.6) is 0 Å². The van der Waals surface area contributed by atoms with E-state index < -0.39 is 11.7 Å². The third kappa shape index (κ3) is 2.98. The molecule has 0 fully saturated rings. The van der Waals surface area contributed by atoms with Crippen molar-refractivity contribution >= 4 is 0 Å². The van der Waals surface area contributed by atoms with Crippen LogP contribution in [0.4, 0.5) is 13.2 Å². The smallest absolute Gasteiger partial charge is 0.313 e. The van der Waals surface area contributed by atoms with Crippen LogP contribution in [0.2, 0.25) is 0 Å². The average molecular weight is 231 g/mol. The van der Waals surface area contributed by atoms with Gasteiger partial charge in [-0.3, -0.25) is 0 Å². The van der Waals surface area contributed by atoms with Crippen molar-refractivity contribution in [2.24, 2.45) is 0 Å².